The van der Waals surface area contributed by atoms with Gasteiger partial charge in [0.05, 0.1) is 11.1 Å². The van der Waals surface area contributed by atoms with E-state index in [-0.39, 0.29) is 11.8 Å². The number of nitrogens with one attached hydrogen (secondary N) is 1. The summed E-state index contributed by atoms with van der Waals surface area (Å²) >= 11 is 3.17. The van der Waals surface area contributed by atoms with Crippen LogP contribution in [0.15, 0.2) is 29.3 Å². The SMILES string of the molecule is O=C1NC(=O)c2c(CC=CBr)cccc21. The Kier molecular flexibility index (Phi) is 2.68. The molecule has 2 amide bonds. The van der Waals surface area contributed by atoms with Crippen molar-refractivity contribution in [2.45, 2.75) is 6.42 Å². The number of allylic oxidation sites excluding steroid dienone is 1. The largest absolute Gasteiger partial charge is 0.288 e. The van der Waals surface area contributed by atoms with Crippen LogP contribution in [0.1, 0.15) is 26.3 Å². The Bertz CT molecular complexity index is 466. The Balaban J connectivity index is 2.50. The van der Waals surface area contributed by atoms with Gasteiger partial charge in [0, 0.05) is 0 Å². The van der Waals surface area contributed by atoms with Crippen molar-refractivity contribution in [1.29, 1.82) is 0 Å². The Morgan fingerprint density at radius 3 is 2.80 bits per heavy atom. The molecule has 0 aliphatic carbocycles. The van der Waals surface area contributed by atoms with E-state index in [1.807, 2.05) is 12.1 Å². The lowest BCUT2D eigenvalue weighted by molar-refractivity contribution is 0.0879. The van der Waals surface area contributed by atoms with Crippen molar-refractivity contribution in [3.63, 3.8) is 0 Å². The molecule has 1 aromatic carbocycles. The van der Waals surface area contributed by atoms with Gasteiger partial charge in [-0.2, -0.15) is 0 Å². The molecule has 0 saturated heterocycles. The third kappa shape index (κ3) is 1.72. The summed E-state index contributed by atoms with van der Waals surface area (Å²) in [4.78, 5) is 24.6. The molecule has 0 radical (unpaired) electrons. The summed E-state index contributed by atoms with van der Waals surface area (Å²) < 4.78 is 0. The number of carbonyl (C=O) groups is 2. The number of hydrogen-bond acceptors (Lipinski definition) is 2. The van der Waals surface area contributed by atoms with E-state index in [0.717, 1.165) is 5.56 Å². The van der Waals surface area contributed by atoms with Crippen molar-refractivity contribution in [3.8, 4) is 0 Å². The minimum absolute atomic E-state index is 0.298. The van der Waals surface area contributed by atoms with E-state index in [1.54, 1.807) is 17.1 Å². The first-order chi connectivity index (χ1) is 7.24. The molecule has 1 heterocycles. The zero-order valence-electron chi connectivity index (χ0n) is 7.79. The number of rotatable bonds is 2. The molecule has 0 saturated carbocycles. The number of fused-ring (bicyclic) bond motifs is 1. The highest BCUT2D eigenvalue weighted by Crippen LogP contribution is 2.20. The Labute approximate surface area is 95.3 Å². The van der Waals surface area contributed by atoms with Crippen LogP contribution in [0.5, 0.6) is 0 Å². The van der Waals surface area contributed by atoms with Gasteiger partial charge in [0.2, 0.25) is 0 Å². The molecular formula is C11H8BrNO2. The Hall–Kier alpha value is -1.42. The highest BCUT2D eigenvalue weighted by atomic mass is 79.9. The molecule has 0 aromatic heterocycles. The molecule has 3 nitrogen and oxygen atoms in total. The van der Waals surface area contributed by atoms with Crippen LogP contribution in [0, 0.1) is 0 Å². The van der Waals surface area contributed by atoms with Crippen LogP contribution in [-0.2, 0) is 6.42 Å². The van der Waals surface area contributed by atoms with Crippen molar-refractivity contribution < 1.29 is 9.59 Å². The number of halogens is 1. The fourth-order valence-corrected chi connectivity index (χ4v) is 1.82. The molecule has 2 rings (SSSR count). The van der Waals surface area contributed by atoms with Gasteiger partial charge in [0.1, 0.15) is 0 Å². The second-order valence-corrected chi connectivity index (χ2v) is 3.72. The number of hydrogen-bond donors (Lipinski definition) is 1. The Morgan fingerprint density at radius 1 is 1.27 bits per heavy atom. The lowest BCUT2D eigenvalue weighted by atomic mass is 10.0. The summed E-state index contributed by atoms with van der Waals surface area (Å²) in [6.45, 7) is 0. The lowest BCUT2D eigenvalue weighted by Gasteiger charge is -2.01. The maximum absolute atomic E-state index is 11.5. The zero-order valence-corrected chi connectivity index (χ0v) is 9.37. The molecule has 1 aromatic rings. The van der Waals surface area contributed by atoms with Crippen molar-refractivity contribution in [3.05, 3.63) is 46.0 Å². The number of carbonyl (C=O) groups excluding carboxylic acids is 2. The van der Waals surface area contributed by atoms with E-state index in [9.17, 15) is 9.59 Å². The molecule has 0 spiro atoms. The van der Waals surface area contributed by atoms with Crippen molar-refractivity contribution in [2.24, 2.45) is 0 Å². The highest BCUT2D eigenvalue weighted by molar-refractivity contribution is 9.11. The van der Waals surface area contributed by atoms with Gasteiger partial charge < -0.3 is 0 Å². The van der Waals surface area contributed by atoms with Gasteiger partial charge in [0.25, 0.3) is 11.8 Å². The van der Waals surface area contributed by atoms with Crippen molar-refractivity contribution >= 4 is 27.7 Å². The highest BCUT2D eigenvalue weighted by Gasteiger charge is 2.28. The molecule has 0 bridgehead atoms. The van der Waals surface area contributed by atoms with Gasteiger partial charge in [-0.25, -0.2) is 0 Å². The first-order valence-electron chi connectivity index (χ1n) is 4.47. The fraction of sp³-hybridized carbons (Fsp3) is 0.0909. The van der Waals surface area contributed by atoms with E-state index < -0.39 is 0 Å². The predicted molar refractivity (Wildman–Crippen MR) is 60.0 cm³/mol. The van der Waals surface area contributed by atoms with Crippen LogP contribution in [0.4, 0.5) is 0 Å². The van der Waals surface area contributed by atoms with Crippen molar-refractivity contribution in [2.75, 3.05) is 0 Å². The molecule has 0 fully saturated rings. The normalized spacial score (nSPS) is 14.5. The first-order valence-corrected chi connectivity index (χ1v) is 5.38. The topological polar surface area (TPSA) is 46.2 Å². The van der Waals surface area contributed by atoms with E-state index >= 15 is 0 Å². The molecule has 15 heavy (non-hydrogen) atoms. The van der Waals surface area contributed by atoms with Crippen LogP contribution in [0.25, 0.3) is 0 Å². The fourth-order valence-electron chi connectivity index (χ4n) is 1.63. The van der Waals surface area contributed by atoms with E-state index in [1.165, 1.54) is 0 Å². The van der Waals surface area contributed by atoms with Gasteiger partial charge >= 0.3 is 0 Å². The predicted octanol–water partition coefficient (Wildman–Crippen LogP) is 2.02. The molecule has 0 atom stereocenters. The number of benzene rings is 1. The Morgan fingerprint density at radius 2 is 2.07 bits per heavy atom. The third-order valence-electron chi connectivity index (χ3n) is 2.28. The van der Waals surface area contributed by atoms with Crippen LogP contribution in [-0.4, -0.2) is 11.8 Å². The number of amides is 2. The average molecular weight is 266 g/mol. The summed E-state index contributed by atoms with van der Waals surface area (Å²) in [7, 11) is 0. The molecule has 1 aliphatic rings. The third-order valence-corrected chi connectivity index (χ3v) is 2.65. The van der Waals surface area contributed by atoms with E-state index in [2.05, 4.69) is 21.2 Å². The summed E-state index contributed by atoms with van der Waals surface area (Å²) in [5, 5.41) is 2.29. The van der Waals surface area contributed by atoms with Gasteiger partial charge in [-0.15, -0.1) is 0 Å². The maximum Gasteiger partial charge on any atom is 0.259 e. The summed E-state index contributed by atoms with van der Waals surface area (Å²) in [6, 6.07) is 5.30. The van der Waals surface area contributed by atoms with Gasteiger partial charge in [-0.3, -0.25) is 14.9 Å². The maximum atomic E-state index is 11.5. The molecule has 4 heteroatoms. The zero-order chi connectivity index (χ0) is 10.8. The second kappa shape index (κ2) is 3.98. The second-order valence-electron chi connectivity index (χ2n) is 3.19. The summed E-state index contributed by atoms with van der Waals surface area (Å²) in [6.07, 6.45) is 2.51. The molecule has 1 N–H and O–H groups in total. The molecular weight excluding hydrogens is 258 g/mol. The molecule has 0 unspecified atom stereocenters. The van der Waals surface area contributed by atoms with Gasteiger partial charge in [-0.1, -0.05) is 34.1 Å². The van der Waals surface area contributed by atoms with Gasteiger partial charge in [0.15, 0.2) is 0 Å². The van der Waals surface area contributed by atoms with E-state index in [4.69, 9.17) is 0 Å². The number of imide groups is 1. The van der Waals surface area contributed by atoms with Crippen LogP contribution in [0.2, 0.25) is 0 Å². The average Bonchev–Trinajstić information content (AvgIpc) is 2.53. The van der Waals surface area contributed by atoms with Crippen LogP contribution < -0.4 is 5.32 Å². The van der Waals surface area contributed by atoms with Crippen LogP contribution in [0.3, 0.4) is 0 Å². The molecule has 1 aliphatic heterocycles. The minimum Gasteiger partial charge on any atom is -0.288 e. The standard InChI is InChI=1S/C11H8BrNO2/c12-6-2-4-7-3-1-5-8-9(7)11(15)13-10(8)14/h1-3,5-6H,4H2,(H,13,14,15). The lowest BCUT2D eigenvalue weighted by Crippen LogP contribution is -2.20. The summed E-state index contributed by atoms with van der Waals surface area (Å²) in [5.41, 5.74) is 1.85. The van der Waals surface area contributed by atoms with Crippen LogP contribution >= 0.6 is 15.9 Å². The molecule has 76 valence electrons. The van der Waals surface area contributed by atoms with Crippen molar-refractivity contribution in [1.82, 2.24) is 5.32 Å². The first kappa shape index (κ1) is 10.1. The minimum atomic E-state index is -0.306. The van der Waals surface area contributed by atoms with E-state index in [0.29, 0.717) is 17.5 Å². The quantitative estimate of drug-likeness (QED) is 0.832. The van der Waals surface area contributed by atoms with Gasteiger partial charge in [-0.05, 0) is 23.0 Å². The monoisotopic (exact) mass is 265 g/mol. The summed E-state index contributed by atoms with van der Waals surface area (Å²) in [5.74, 6) is -0.603. The smallest absolute Gasteiger partial charge is 0.259 e.